The fourth-order valence-corrected chi connectivity index (χ4v) is 2.44. The number of hydrogen-bond acceptors (Lipinski definition) is 3. The number of halogens is 1. The van der Waals surface area contributed by atoms with E-state index in [1.165, 1.54) is 12.1 Å². The number of rotatable bonds is 4. The van der Waals surface area contributed by atoms with E-state index in [0.29, 0.717) is 31.6 Å². The molecular weight excluding hydrogens is 263 g/mol. The maximum Gasteiger partial charge on any atom is 0.310 e. The van der Waals surface area contributed by atoms with Crippen molar-refractivity contribution < 1.29 is 19.1 Å². The molecule has 3 N–H and O–H groups in total. The first-order valence-electron chi connectivity index (χ1n) is 6.36. The number of likely N-dealkylation sites (tertiary alicyclic amines) is 1. The molecule has 0 bridgehead atoms. The molecule has 1 atom stereocenters. The van der Waals surface area contributed by atoms with Crippen LogP contribution >= 0.6 is 0 Å². The Morgan fingerprint density at radius 3 is 2.70 bits per heavy atom. The number of primary amides is 1. The van der Waals surface area contributed by atoms with Crippen molar-refractivity contribution in [3.05, 3.63) is 35.1 Å². The number of carbonyl (C=O) groups excluding carboxylic acids is 1. The fourth-order valence-electron chi connectivity index (χ4n) is 2.44. The van der Waals surface area contributed by atoms with Gasteiger partial charge in [0.25, 0.3) is 0 Å². The monoisotopic (exact) mass is 280 g/mol. The van der Waals surface area contributed by atoms with Gasteiger partial charge in [-0.05, 0) is 32.0 Å². The van der Waals surface area contributed by atoms with Gasteiger partial charge in [0.2, 0.25) is 5.91 Å². The number of amides is 1. The summed E-state index contributed by atoms with van der Waals surface area (Å²) >= 11 is 0. The quantitative estimate of drug-likeness (QED) is 0.868. The van der Waals surface area contributed by atoms with E-state index in [4.69, 9.17) is 10.8 Å². The van der Waals surface area contributed by atoms with Gasteiger partial charge < -0.3 is 10.8 Å². The van der Waals surface area contributed by atoms with E-state index in [1.54, 1.807) is 6.92 Å². The second kappa shape index (κ2) is 5.20. The summed E-state index contributed by atoms with van der Waals surface area (Å²) in [7, 11) is 0. The highest BCUT2D eigenvalue weighted by molar-refractivity contribution is 5.92. The summed E-state index contributed by atoms with van der Waals surface area (Å²) in [5.41, 5.74) is 4.87. The number of carboxylic acid groups (broad SMARTS) is 1. The van der Waals surface area contributed by atoms with Crippen molar-refractivity contribution in [3.63, 3.8) is 0 Å². The highest BCUT2D eigenvalue weighted by Gasteiger charge is 2.40. The first-order valence-corrected chi connectivity index (χ1v) is 6.36. The molecule has 0 saturated carbocycles. The Morgan fingerprint density at radius 2 is 2.20 bits per heavy atom. The summed E-state index contributed by atoms with van der Waals surface area (Å²) in [5, 5.41) is 9.16. The van der Waals surface area contributed by atoms with Crippen LogP contribution in [0.15, 0.2) is 18.2 Å². The highest BCUT2D eigenvalue weighted by atomic mass is 19.1. The molecule has 1 aliphatic heterocycles. The number of benzene rings is 1. The SMILES string of the molecule is CC1(C(=O)O)CCN(Cc2ccc(C(N)=O)cc2F)C1. The summed E-state index contributed by atoms with van der Waals surface area (Å²) in [6.07, 6.45) is 0.545. The minimum atomic E-state index is -0.829. The van der Waals surface area contributed by atoms with Crippen molar-refractivity contribution in [2.75, 3.05) is 13.1 Å². The van der Waals surface area contributed by atoms with Crippen LogP contribution in [0.2, 0.25) is 0 Å². The Kier molecular flexibility index (Phi) is 3.76. The Hall–Kier alpha value is -1.95. The normalized spacial score (nSPS) is 22.9. The average molecular weight is 280 g/mol. The molecule has 0 aliphatic carbocycles. The minimum absolute atomic E-state index is 0.128. The third-order valence-electron chi connectivity index (χ3n) is 3.80. The third-order valence-corrected chi connectivity index (χ3v) is 3.80. The highest BCUT2D eigenvalue weighted by Crippen LogP contribution is 2.31. The number of carboxylic acids is 1. The molecule has 2 rings (SSSR count). The lowest BCUT2D eigenvalue weighted by atomic mass is 9.90. The number of aliphatic carboxylic acids is 1. The van der Waals surface area contributed by atoms with Crippen LogP contribution in [0, 0.1) is 11.2 Å². The van der Waals surface area contributed by atoms with Crippen LogP contribution in [-0.2, 0) is 11.3 Å². The minimum Gasteiger partial charge on any atom is -0.481 e. The first kappa shape index (κ1) is 14.5. The topological polar surface area (TPSA) is 83.6 Å². The van der Waals surface area contributed by atoms with E-state index in [2.05, 4.69) is 0 Å². The molecule has 1 aromatic carbocycles. The molecule has 0 radical (unpaired) electrons. The number of nitrogens with two attached hydrogens (primary N) is 1. The van der Waals surface area contributed by atoms with Gasteiger partial charge in [-0.1, -0.05) is 6.07 Å². The Bertz CT molecular complexity index is 561. The Balaban J connectivity index is 2.09. The van der Waals surface area contributed by atoms with E-state index < -0.39 is 23.1 Å². The van der Waals surface area contributed by atoms with Gasteiger partial charge >= 0.3 is 5.97 Å². The van der Waals surface area contributed by atoms with Crippen molar-refractivity contribution in [2.24, 2.45) is 11.1 Å². The van der Waals surface area contributed by atoms with Crippen LogP contribution in [-0.4, -0.2) is 35.0 Å². The maximum atomic E-state index is 13.9. The first-order chi connectivity index (χ1) is 9.32. The van der Waals surface area contributed by atoms with Gasteiger partial charge in [-0.2, -0.15) is 0 Å². The zero-order valence-electron chi connectivity index (χ0n) is 11.2. The standard InChI is InChI=1S/C14H17FN2O3/c1-14(13(19)20)4-5-17(8-14)7-10-3-2-9(12(16)18)6-11(10)15/h2-3,6H,4-5,7-8H2,1H3,(H2,16,18)(H,19,20). The zero-order chi connectivity index (χ0) is 14.9. The largest absolute Gasteiger partial charge is 0.481 e. The molecular formula is C14H17FN2O3. The summed E-state index contributed by atoms with van der Waals surface area (Å²) in [6, 6.07) is 4.11. The fraction of sp³-hybridized carbons (Fsp3) is 0.429. The van der Waals surface area contributed by atoms with Crippen molar-refractivity contribution in [3.8, 4) is 0 Å². The molecule has 0 spiro atoms. The molecule has 5 nitrogen and oxygen atoms in total. The van der Waals surface area contributed by atoms with Gasteiger partial charge in [0, 0.05) is 24.2 Å². The molecule has 1 saturated heterocycles. The molecule has 1 heterocycles. The van der Waals surface area contributed by atoms with E-state index in [9.17, 15) is 14.0 Å². The van der Waals surface area contributed by atoms with Gasteiger partial charge in [0.05, 0.1) is 5.41 Å². The molecule has 6 heteroatoms. The second-order valence-electron chi connectivity index (χ2n) is 5.50. The Labute approximate surface area is 116 Å². The van der Waals surface area contributed by atoms with Gasteiger partial charge in [-0.15, -0.1) is 0 Å². The van der Waals surface area contributed by atoms with Crippen molar-refractivity contribution in [1.29, 1.82) is 0 Å². The molecule has 1 amide bonds. The number of carbonyl (C=O) groups is 2. The summed E-state index contributed by atoms with van der Waals surface area (Å²) < 4.78 is 13.9. The molecule has 20 heavy (non-hydrogen) atoms. The van der Waals surface area contributed by atoms with Crippen LogP contribution in [0.5, 0.6) is 0 Å². The lowest BCUT2D eigenvalue weighted by molar-refractivity contribution is -0.147. The molecule has 1 fully saturated rings. The van der Waals surface area contributed by atoms with Crippen molar-refractivity contribution in [2.45, 2.75) is 19.9 Å². The summed E-state index contributed by atoms with van der Waals surface area (Å²) in [5.74, 6) is -2.00. The van der Waals surface area contributed by atoms with Crippen LogP contribution in [0.1, 0.15) is 29.3 Å². The smallest absolute Gasteiger partial charge is 0.310 e. The van der Waals surface area contributed by atoms with Crippen LogP contribution in [0.3, 0.4) is 0 Å². The summed E-state index contributed by atoms with van der Waals surface area (Å²) in [6.45, 7) is 3.02. The van der Waals surface area contributed by atoms with Gasteiger partial charge in [-0.3, -0.25) is 14.5 Å². The van der Waals surface area contributed by atoms with Gasteiger partial charge in [0.1, 0.15) is 5.82 Å². The van der Waals surface area contributed by atoms with Gasteiger partial charge in [-0.25, -0.2) is 4.39 Å². The summed E-state index contributed by atoms with van der Waals surface area (Å²) in [4.78, 5) is 24.0. The maximum absolute atomic E-state index is 13.9. The Morgan fingerprint density at radius 1 is 1.50 bits per heavy atom. The van der Waals surface area contributed by atoms with E-state index in [-0.39, 0.29) is 5.56 Å². The lowest BCUT2D eigenvalue weighted by Gasteiger charge is -2.20. The average Bonchev–Trinajstić information content (AvgIpc) is 2.75. The molecule has 0 aromatic heterocycles. The zero-order valence-corrected chi connectivity index (χ0v) is 11.2. The molecule has 108 valence electrons. The van der Waals surface area contributed by atoms with Gasteiger partial charge in [0.15, 0.2) is 0 Å². The van der Waals surface area contributed by atoms with Crippen LogP contribution < -0.4 is 5.73 Å². The lowest BCUT2D eigenvalue weighted by Crippen LogP contribution is -2.31. The number of hydrogen-bond donors (Lipinski definition) is 2. The van der Waals surface area contributed by atoms with Crippen LogP contribution in [0.25, 0.3) is 0 Å². The molecule has 1 aliphatic rings. The van der Waals surface area contributed by atoms with E-state index in [1.807, 2.05) is 4.90 Å². The third kappa shape index (κ3) is 2.80. The number of nitrogens with zero attached hydrogens (tertiary/aromatic N) is 1. The van der Waals surface area contributed by atoms with Crippen molar-refractivity contribution in [1.82, 2.24) is 4.90 Å². The predicted molar refractivity (Wildman–Crippen MR) is 70.6 cm³/mol. The van der Waals surface area contributed by atoms with Crippen LogP contribution in [0.4, 0.5) is 4.39 Å². The second-order valence-corrected chi connectivity index (χ2v) is 5.50. The van der Waals surface area contributed by atoms with Crippen molar-refractivity contribution >= 4 is 11.9 Å². The molecule has 1 aromatic rings. The molecule has 1 unspecified atom stereocenters. The van der Waals surface area contributed by atoms with E-state index >= 15 is 0 Å². The predicted octanol–water partition coefficient (Wildman–Crippen LogP) is 1.22. The van der Waals surface area contributed by atoms with E-state index in [0.717, 1.165) is 6.07 Å².